The number of ketones is 1. The van der Waals surface area contributed by atoms with E-state index in [4.69, 9.17) is 9.47 Å². The maximum absolute atomic E-state index is 14.5. The van der Waals surface area contributed by atoms with Gasteiger partial charge < -0.3 is 34.7 Å². The van der Waals surface area contributed by atoms with Crippen molar-refractivity contribution >= 4 is 34.9 Å². The number of aromatic nitrogens is 2. The molecule has 2 N–H and O–H groups in total. The Morgan fingerprint density at radius 1 is 0.643 bits per heavy atom. The molecule has 70 heavy (non-hydrogen) atoms. The molecule has 354 valence electrons. The van der Waals surface area contributed by atoms with Gasteiger partial charge in [0.1, 0.15) is 42.6 Å². The van der Waals surface area contributed by atoms with E-state index in [0.29, 0.717) is 98.6 Å². The van der Waals surface area contributed by atoms with Gasteiger partial charge in [-0.15, -0.1) is 0 Å². The number of hydrogen-bond acceptors (Lipinski definition) is 11. The molecule has 0 saturated heterocycles. The maximum atomic E-state index is 14.5. The lowest BCUT2D eigenvalue weighted by molar-refractivity contribution is -0.119. The summed E-state index contributed by atoms with van der Waals surface area (Å²) in [5.74, 6) is 0.887. The van der Waals surface area contributed by atoms with Crippen molar-refractivity contribution in [3.63, 3.8) is 0 Å². The van der Waals surface area contributed by atoms with Gasteiger partial charge in [0, 0.05) is 104 Å². The average molecular weight is 935 g/mol. The first kappa shape index (κ1) is 48.3. The van der Waals surface area contributed by atoms with Gasteiger partial charge in [-0.05, 0) is 128 Å². The second kappa shape index (κ2) is 22.7. The Morgan fingerprint density at radius 2 is 1.19 bits per heavy atom. The minimum Gasteiger partial charge on any atom is -0.489 e. The summed E-state index contributed by atoms with van der Waals surface area (Å²) in [4.78, 5) is 63.8. The second-order valence-corrected chi connectivity index (χ2v) is 17.6. The number of amides is 3. The molecular formula is C56H54N8O6. The third-order valence-corrected chi connectivity index (χ3v) is 12.5. The smallest absolute Gasteiger partial charge is 0.258 e. The molecule has 4 aromatic carbocycles. The van der Waals surface area contributed by atoms with E-state index < -0.39 is 0 Å². The second-order valence-electron chi connectivity index (χ2n) is 17.6. The van der Waals surface area contributed by atoms with Crippen LogP contribution in [0.5, 0.6) is 11.5 Å². The molecule has 0 saturated carbocycles. The fourth-order valence-corrected chi connectivity index (χ4v) is 9.07. The molecule has 3 amide bonds. The molecule has 8 rings (SSSR count). The Balaban J connectivity index is 1.01. The van der Waals surface area contributed by atoms with Crippen molar-refractivity contribution in [3.05, 3.63) is 165 Å². The Morgan fingerprint density at radius 3 is 1.71 bits per heavy atom. The van der Waals surface area contributed by atoms with Gasteiger partial charge in [-0.25, -0.2) is 0 Å². The van der Waals surface area contributed by atoms with Crippen LogP contribution >= 0.6 is 0 Å². The SMILES string of the molecule is CC(=O)CCCNCc1ccc(C(=O)N2CCc3c(-c4cccc5c4CCN5C(=O)c4ccc(CCCCNC(C)=O)c(OCc5cncc(C#N)c5)c4)cccc32)cc1OCc1cncc(C#N)c1. The summed E-state index contributed by atoms with van der Waals surface area (Å²) in [6, 6.07) is 30.9. The molecule has 2 aliphatic heterocycles. The van der Waals surface area contributed by atoms with E-state index in [1.807, 2.05) is 58.3 Å². The number of carbonyl (C=O) groups excluding carboxylic acids is 4. The van der Waals surface area contributed by atoms with E-state index >= 15 is 0 Å². The van der Waals surface area contributed by atoms with Crippen molar-refractivity contribution in [2.75, 3.05) is 36.0 Å². The highest BCUT2D eigenvalue weighted by molar-refractivity contribution is 6.09. The number of anilines is 2. The fraction of sp³-hybridized carbons (Fsp3) is 0.286. The summed E-state index contributed by atoms with van der Waals surface area (Å²) in [7, 11) is 0. The summed E-state index contributed by atoms with van der Waals surface area (Å²) in [6.07, 6.45) is 11.1. The van der Waals surface area contributed by atoms with Gasteiger partial charge in [0.15, 0.2) is 0 Å². The first-order valence-electron chi connectivity index (χ1n) is 23.6. The van der Waals surface area contributed by atoms with Crippen LogP contribution in [0.25, 0.3) is 11.1 Å². The lowest BCUT2D eigenvalue weighted by Gasteiger charge is -2.21. The maximum Gasteiger partial charge on any atom is 0.258 e. The molecule has 2 aromatic heterocycles. The van der Waals surface area contributed by atoms with Crippen LogP contribution in [0.2, 0.25) is 0 Å². The molecule has 0 unspecified atom stereocenters. The zero-order valence-electron chi connectivity index (χ0n) is 39.4. The van der Waals surface area contributed by atoms with Crippen molar-refractivity contribution in [1.29, 1.82) is 10.5 Å². The molecule has 0 aliphatic carbocycles. The van der Waals surface area contributed by atoms with Crippen molar-refractivity contribution in [3.8, 4) is 34.8 Å². The molecule has 4 heterocycles. The van der Waals surface area contributed by atoms with Crippen LogP contribution < -0.4 is 29.9 Å². The zero-order valence-corrected chi connectivity index (χ0v) is 39.4. The monoisotopic (exact) mass is 934 g/mol. The quantitative estimate of drug-likeness (QED) is 0.0700. The van der Waals surface area contributed by atoms with Crippen molar-refractivity contribution < 1.29 is 28.7 Å². The van der Waals surface area contributed by atoms with Gasteiger partial charge in [0.05, 0.1) is 11.1 Å². The Kier molecular flexibility index (Phi) is 15.7. The summed E-state index contributed by atoms with van der Waals surface area (Å²) < 4.78 is 12.7. The normalized spacial score (nSPS) is 12.4. The molecule has 0 spiro atoms. The first-order valence-corrected chi connectivity index (χ1v) is 23.6. The highest BCUT2D eigenvalue weighted by atomic mass is 16.5. The number of carbonyl (C=O) groups is 4. The number of nitrogens with one attached hydrogen (secondary N) is 2. The van der Waals surface area contributed by atoms with Crippen molar-refractivity contribution in [2.45, 2.75) is 78.6 Å². The summed E-state index contributed by atoms with van der Waals surface area (Å²) >= 11 is 0. The van der Waals surface area contributed by atoms with Gasteiger partial charge >= 0.3 is 0 Å². The van der Waals surface area contributed by atoms with E-state index in [1.165, 1.54) is 19.3 Å². The third kappa shape index (κ3) is 11.5. The standard InChI is InChI=1S/C56H54N8O6/c1-37(65)8-7-20-59-34-46-17-16-45(27-54(46)70-36-42-25-40(29-58)31-61-33-42)56(68)64-23-19-50-48(11-6-13-52(50)64)47-10-5-12-51-49(47)18-22-63(51)55(67)44-15-14-43(9-3-4-21-62-38(2)66)53(26-44)69-35-41-24-39(28-57)30-60-32-41/h5-6,10-17,24-27,30-33,59H,3-4,7-9,18-23,34-36H2,1-2H3,(H,62,66). The van der Waals surface area contributed by atoms with E-state index in [0.717, 1.165) is 68.7 Å². The van der Waals surface area contributed by atoms with E-state index in [9.17, 15) is 29.7 Å². The van der Waals surface area contributed by atoms with Crippen LogP contribution in [0.1, 0.15) is 105 Å². The molecule has 14 heteroatoms. The lowest BCUT2D eigenvalue weighted by Crippen LogP contribution is -2.29. The molecular weight excluding hydrogens is 881 g/mol. The topological polar surface area (TPSA) is 191 Å². The van der Waals surface area contributed by atoms with Crippen molar-refractivity contribution in [2.24, 2.45) is 0 Å². The lowest BCUT2D eigenvalue weighted by atomic mass is 9.93. The van der Waals surface area contributed by atoms with Crippen LogP contribution in [-0.4, -0.2) is 59.7 Å². The van der Waals surface area contributed by atoms with Gasteiger partial charge in [0.25, 0.3) is 11.8 Å². The fourth-order valence-electron chi connectivity index (χ4n) is 9.07. The third-order valence-electron chi connectivity index (χ3n) is 12.5. The minimum atomic E-state index is -0.156. The number of fused-ring (bicyclic) bond motifs is 2. The van der Waals surface area contributed by atoms with Gasteiger partial charge in [0.2, 0.25) is 5.91 Å². The van der Waals surface area contributed by atoms with Crippen LogP contribution in [-0.2, 0) is 48.6 Å². The zero-order chi connectivity index (χ0) is 49.0. The Bertz CT molecular complexity index is 2830. The number of nitrogens with zero attached hydrogens (tertiary/aromatic N) is 6. The minimum absolute atomic E-state index is 0.0673. The number of Topliss-reactive ketones (excluding diaryl/α,β-unsaturated/α-hetero) is 1. The van der Waals surface area contributed by atoms with Crippen molar-refractivity contribution in [1.82, 2.24) is 20.6 Å². The molecule has 0 fully saturated rings. The van der Waals surface area contributed by atoms with Crippen LogP contribution in [0.15, 0.2) is 110 Å². The van der Waals surface area contributed by atoms with Crippen LogP contribution in [0.4, 0.5) is 11.4 Å². The number of rotatable bonds is 20. The number of nitriles is 2. The molecule has 14 nitrogen and oxygen atoms in total. The predicted octanol–water partition coefficient (Wildman–Crippen LogP) is 8.37. The molecule has 6 aromatic rings. The number of aryl methyl sites for hydroxylation is 1. The van der Waals surface area contributed by atoms with Gasteiger partial charge in [-0.2, -0.15) is 10.5 Å². The van der Waals surface area contributed by atoms with Crippen LogP contribution in [0, 0.1) is 22.7 Å². The molecule has 2 aliphatic rings. The number of benzene rings is 4. The van der Waals surface area contributed by atoms with E-state index in [1.54, 1.807) is 43.6 Å². The largest absolute Gasteiger partial charge is 0.489 e. The Labute approximate surface area is 407 Å². The van der Waals surface area contributed by atoms with E-state index in [-0.39, 0.29) is 36.7 Å². The Hall–Kier alpha value is -8.20. The van der Waals surface area contributed by atoms with Gasteiger partial charge in [-0.3, -0.25) is 24.4 Å². The van der Waals surface area contributed by atoms with Gasteiger partial charge in [-0.1, -0.05) is 36.4 Å². The number of ether oxygens (including phenoxy) is 2. The summed E-state index contributed by atoms with van der Waals surface area (Å²) in [5, 5.41) is 25.0. The highest BCUT2D eigenvalue weighted by Crippen LogP contribution is 2.43. The average Bonchev–Trinajstić information content (AvgIpc) is 4.02. The number of pyridine rings is 2. The number of hydrogen-bond donors (Lipinski definition) is 2. The van der Waals surface area contributed by atoms with E-state index in [2.05, 4.69) is 44.9 Å². The highest BCUT2D eigenvalue weighted by Gasteiger charge is 2.32. The molecule has 0 bridgehead atoms. The molecule has 0 atom stereocenters. The van der Waals surface area contributed by atoms with Crippen LogP contribution in [0.3, 0.4) is 0 Å². The predicted molar refractivity (Wildman–Crippen MR) is 265 cm³/mol. The first-order chi connectivity index (χ1) is 34.1. The summed E-state index contributed by atoms with van der Waals surface area (Å²) in [5.41, 5.74) is 10.9. The molecule has 0 radical (unpaired) electrons. The number of unbranched alkanes of at least 4 members (excludes halogenated alkanes) is 1. The summed E-state index contributed by atoms with van der Waals surface area (Å²) in [6.45, 7) is 6.09.